The number of amides is 1. The van der Waals surface area contributed by atoms with Gasteiger partial charge in [0.1, 0.15) is 5.75 Å². The van der Waals surface area contributed by atoms with E-state index in [-0.39, 0.29) is 23.2 Å². The summed E-state index contributed by atoms with van der Waals surface area (Å²) in [6, 6.07) is 13.3. The number of methoxy groups -OCH3 is 1. The highest BCUT2D eigenvalue weighted by Gasteiger charge is 2.28. The van der Waals surface area contributed by atoms with E-state index in [4.69, 9.17) is 16.3 Å². The van der Waals surface area contributed by atoms with Crippen molar-refractivity contribution in [3.63, 3.8) is 0 Å². The molecule has 10 heteroatoms. The number of hydrogen-bond acceptors (Lipinski definition) is 5. The van der Waals surface area contributed by atoms with Crippen LogP contribution in [0, 0.1) is 0 Å². The molecule has 2 aromatic carbocycles. The van der Waals surface area contributed by atoms with Crippen LogP contribution in [0.15, 0.2) is 53.4 Å². The van der Waals surface area contributed by atoms with Crippen LogP contribution in [0.4, 0.5) is 0 Å². The molecule has 3 rings (SSSR count). The van der Waals surface area contributed by atoms with Gasteiger partial charge in [-0.15, -0.1) is 12.4 Å². The third-order valence-electron chi connectivity index (χ3n) is 4.86. The molecule has 164 valence electrons. The zero-order valence-electron chi connectivity index (χ0n) is 16.6. The Morgan fingerprint density at radius 1 is 1.07 bits per heavy atom. The van der Waals surface area contributed by atoms with Gasteiger partial charge >= 0.3 is 0 Å². The van der Waals surface area contributed by atoms with Crippen LogP contribution in [-0.2, 0) is 10.0 Å². The van der Waals surface area contributed by atoms with Crippen molar-refractivity contribution in [1.29, 1.82) is 0 Å². The summed E-state index contributed by atoms with van der Waals surface area (Å²) in [5.74, 6) is 0.406. The van der Waals surface area contributed by atoms with Crippen LogP contribution in [0.1, 0.15) is 10.4 Å². The maximum Gasteiger partial charge on any atom is 0.252 e. The molecule has 0 spiro atoms. The van der Waals surface area contributed by atoms with Crippen LogP contribution in [-0.4, -0.2) is 69.9 Å². The summed E-state index contributed by atoms with van der Waals surface area (Å²) in [4.78, 5) is 14.6. The van der Waals surface area contributed by atoms with Gasteiger partial charge in [0, 0.05) is 39.3 Å². The van der Waals surface area contributed by atoms with Crippen LogP contribution in [0.25, 0.3) is 0 Å². The molecule has 0 atom stereocenters. The van der Waals surface area contributed by atoms with Gasteiger partial charge in [0.25, 0.3) is 5.91 Å². The van der Waals surface area contributed by atoms with Gasteiger partial charge in [0.15, 0.2) is 0 Å². The second-order valence-corrected chi connectivity index (χ2v) is 9.00. The molecule has 30 heavy (non-hydrogen) atoms. The molecule has 1 aliphatic heterocycles. The van der Waals surface area contributed by atoms with Crippen LogP contribution in [0.3, 0.4) is 0 Å². The minimum atomic E-state index is -3.52. The molecular formula is C20H25Cl2N3O4S. The van der Waals surface area contributed by atoms with Crippen LogP contribution < -0.4 is 10.1 Å². The molecule has 0 bridgehead atoms. The molecular weight excluding hydrogens is 449 g/mol. The molecule has 7 nitrogen and oxygen atoms in total. The predicted octanol–water partition coefficient (Wildman–Crippen LogP) is 2.51. The van der Waals surface area contributed by atoms with E-state index in [9.17, 15) is 13.2 Å². The third kappa shape index (κ3) is 5.86. The SMILES string of the molecule is COc1ccc(S(=O)(=O)N2CCN(CCNC(=O)c3ccccc3Cl)CC2)cc1.Cl. The van der Waals surface area contributed by atoms with E-state index in [1.54, 1.807) is 55.6 Å². The number of sulfonamides is 1. The molecule has 0 unspecified atom stereocenters. The fraction of sp³-hybridized carbons (Fsp3) is 0.350. The van der Waals surface area contributed by atoms with Crippen LogP contribution in [0.2, 0.25) is 5.02 Å². The Hall–Kier alpha value is -1.84. The van der Waals surface area contributed by atoms with Crippen molar-refractivity contribution in [2.24, 2.45) is 0 Å². The zero-order chi connectivity index (χ0) is 20.9. The molecule has 1 amide bonds. The highest BCUT2D eigenvalue weighted by molar-refractivity contribution is 7.89. The molecule has 0 radical (unpaired) electrons. The van der Waals surface area contributed by atoms with Crippen LogP contribution >= 0.6 is 24.0 Å². The average molecular weight is 474 g/mol. The van der Waals surface area contributed by atoms with Crippen LogP contribution in [0.5, 0.6) is 5.75 Å². The third-order valence-corrected chi connectivity index (χ3v) is 7.10. The normalized spacial score (nSPS) is 15.3. The number of carbonyl (C=O) groups excluding carboxylic acids is 1. The lowest BCUT2D eigenvalue weighted by Gasteiger charge is -2.34. The van der Waals surface area contributed by atoms with Crippen molar-refractivity contribution in [2.75, 3.05) is 46.4 Å². The van der Waals surface area contributed by atoms with Gasteiger partial charge in [-0.2, -0.15) is 4.31 Å². The maximum absolute atomic E-state index is 12.8. The standard InChI is InChI=1S/C20H24ClN3O4S.ClH/c1-28-16-6-8-17(9-7-16)29(26,27)24-14-12-23(13-15-24)11-10-22-20(25)18-4-2-3-5-19(18)21;/h2-9H,10-15H2,1H3,(H,22,25);1H. The number of hydrogen-bond donors (Lipinski definition) is 1. The van der Waals surface area contributed by atoms with E-state index < -0.39 is 10.0 Å². The number of nitrogens with zero attached hydrogens (tertiary/aromatic N) is 2. The lowest BCUT2D eigenvalue weighted by molar-refractivity contribution is 0.0945. The molecule has 0 aromatic heterocycles. The van der Waals surface area contributed by atoms with E-state index in [0.29, 0.717) is 55.6 Å². The summed E-state index contributed by atoms with van der Waals surface area (Å²) in [6.07, 6.45) is 0. The number of carbonyl (C=O) groups is 1. The lowest BCUT2D eigenvalue weighted by Crippen LogP contribution is -2.50. The van der Waals surface area contributed by atoms with Gasteiger partial charge in [-0.05, 0) is 36.4 Å². The predicted molar refractivity (Wildman–Crippen MR) is 119 cm³/mol. The van der Waals surface area contributed by atoms with E-state index in [1.165, 1.54) is 4.31 Å². The van der Waals surface area contributed by atoms with E-state index in [2.05, 4.69) is 10.2 Å². The summed E-state index contributed by atoms with van der Waals surface area (Å²) in [5.41, 5.74) is 0.449. The zero-order valence-corrected chi connectivity index (χ0v) is 19.0. The first-order valence-corrected chi connectivity index (χ1v) is 11.1. The Morgan fingerprint density at radius 2 is 1.70 bits per heavy atom. The minimum Gasteiger partial charge on any atom is -0.497 e. The summed E-state index contributed by atoms with van der Waals surface area (Å²) < 4.78 is 32.1. The van der Waals surface area contributed by atoms with Gasteiger partial charge in [0.05, 0.1) is 22.6 Å². The number of nitrogens with one attached hydrogen (secondary N) is 1. The number of benzene rings is 2. The summed E-state index contributed by atoms with van der Waals surface area (Å²) >= 11 is 6.03. The fourth-order valence-corrected chi connectivity index (χ4v) is 4.80. The van der Waals surface area contributed by atoms with Crippen molar-refractivity contribution in [1.82, 2.24) is 14.5 Å². The molecule has 1 saturated heterocycles. The summed E-state index contributed by atoms with van der Waals surface area (Å²) in [6.45, 7) is 3.15. The Bertz CT molecular complexity index is 947. The summed E-state index contributed by atoms with van der Waals surface area (Å²) in [5, 5.41) is 3.28. The Kier molecular flexibility index (Phi) is 8.93. The highest BCUT2D eigenvalue weighted by Crippen LogP contribution is 2.20. The molecule has 1 N–H and O–H groups in total. The quantitative estimate of drug-likeness (QED) is 0.668. The molecule has 1 aliphatic rings. The van der Waals surface area contributed by atoms with Crippen molar-refractivity contribution >= 4 is 39.9 Å². The van der Waals surface area contributed by atoms with Crippen molar-refractivity contribution in [2.45, 2.75) is 4.90 Å². The Labute approximate surface area is 188 Å². The first kappa shape index (κ1) is 24.4. The Balaban J connectivity index is 0.00000320. The van der Waals surface area contributed by atoms with Gasteiger partial charge in [0.2, 0.25) is 10.0 Å². The molecule has 2 aromatic rings. The lowest BCUT2D eigenvalue weighted by atomic mass is 10.2. The Morgan fingerprint density at radius 3 is 2.30 bits per heavy atom. The van der Waals surface area contributed by atoms with Gasteiger partial charge in [-0.1, -0.05) is 23.7 Å². The second-order valence-electron chi connectivity index (χ2n) is 6.66. The minimum absolute atomic E-state index is 0. The van der Waals surface area contributed by atoms with E-state index in [1.807, 2.05) is 0 Å². The fourth-order valence-electron chi connectivity index (χ4n) is 3.16. The average Bonchev–Trinajstić information content (AvgIpc) is 2.74. The topological polar surface area (TPSA) is 79.0 Å². The van der Waals surface area contributed by atoms with Crippen molar-refractivity contribution < 1.29 is 17.9 Å². The number of piperazine rings is 1. The van der Waals surface area contributed by atoms with Gasteiger partial charge < -0.3 is 10.1 Å². The first-order chi connectivity index (χ1) is 13.9. The second kappa shape index (κ2) is 11.0. The number of rotatable bonds is 7. The van der Waals surface area contributed by atoms with Crippen molar-refractivity contribution in [3.8, 4) is 5.75 Å². The van der Waals surface area contributed by atoms with Gasteiger partial charge in [-0.3, -0.25) is 9.69 Å². The van der Waals surface area contributed by atoms with E-state index >= 15 is 0 Å². The maximum atomic E-state index is 12.8. The monoisotopic (exact) mass is 473 g/mol. The number of ether oxygens (including phenoxy) is 1. The molecule has 0 saturated carbocycles. The van der Waals surface area contributed by atoms with E-state index in [0.717, 1.165) is 0 Å². The largest absolute Gasteiger partial charge is 0.497 e. The molecule has 0 aliphatic carbocycles. The molecule has 1 fully saturated rings. The first-order valence-electron chi connectivity index (χ1n) is 9.31. The van der Waals surface area contributed by atoms with Crippen molar-refractivity contribution in [3.05, 3.63) is 59.1 Å². The molecule has 1 heterocycles. The van der Waals surface area contributed by atoms with Gasteiger partial charge in [-0.25, -0.2) is 8.42 Å². The smallest absolute Gasteiger partial charge is 0.252 e. The number of halogens is 2. The summed E-state index contributed by atoms with van der Waals surface area (Å²) in [7, 11) is -1.98. The highest BCUT2D eigenvalue weighted by atomic mass is 35.5.